The number of carbonyl (C=O) groups excluding carboxylic acids is 1. The van der Waals surface area contributed by atoms with Crippen molar-refractivity contribution < 1.29 is 4.79 Å². The lowest BCUT2D eigenvalue weighted by Crippen LogP contribution is -2.33. The Bertz CT molecular complexity index is 608. The van der Waals surface area contributed by atoms with E-state index in [4.69, 9.17) is 0 Å². The average molecular weight is 222 g/mol. The highest BCUT2D eigenvalue weighted by Gasteiger charge is 2.37. The van der Waals surface area contributed by atoms with Gasteiger partial charge in [0.05, 0.1) is 5.41 Å². The van der Waals surface area contributed by atoms with Crippen LogP contribution in [-0.2, 0) is 5.41 Å². The van der Waals surface area contributed by atoms with E-state index >= 15 is 0 Å². The molecule has 1 nitrogen and oxygen atoms in total. The Labute approximate surface area is 101 Å². The topological polar surface area (TPSA) is 17.1 Å². The predicted molar refractivity (Wildman–Crippen MR) is 69.2 cm³/mol. The highest BCUT2D eigenvalue weighted by molar-refractivity contribution is 6.12. The summed E-state index contributed by atoms with van der Waals surface area (Å²) in [6, 6.07) is 16.1. The lowest BCUT2D eigenvalue weighted by molar-refractivity contribution is 0.0906. The molecule has 0 radical (unpaired) electrons. The summed E-state index contributed by atoms with van der Waals surface area (Å²) in [5, 5.41) is 0. The van der Waals surface area contributed by atoms with Gasteiger partial charge in [-0.05, 0) is 30.5 Å². The maximum Gasteiger partial charge on any atom is 0.173 e. The lowest BCUT2D eigenvalue weighted by Gasteiger charge is -2.32. The van der Waals surface area contributed by atoms with E-state index in [9.17, 15) is 4.79 Å². The van der Waals surface area contributed by atoms with Crippen molar-refractivity contribution >= 4 is 5.78 Å². The quantitative estimate of drug-likeness (QED) is 0.662. The van der Waals surface area contributed by atoms with Crippen LogP contribution in [0, 0.1) is 0 Å². The third-order valence-electron chi connectivity index (χ3n) is 3.63. The molecule has 1 aliphatic rings. The Morgan fingerprint density at radius 3 is 2.00 bits per heavy atom. The van der Waals surface area contributed by atoms with Gasteiger partial charge in [0.1, 0.15) is 0 Å². The van der Waals surface area contributed by atoms with Crippen LogP contribution in [0.4, 0.5) is 0 Å². The summed E-state index contributed by atoms with van der Waals surface area (Å²) in [5.41, 5.74) is 3.80. The van der Waals surface area contributed by atoms with Crippen LogP contribution >= 0.6 is 0 Å². The summed E-state index contributed by atoms with van der Waals surface area (Å²) >= 11 is 0. The minimum absolute atomic E-state index is 0.215. The van der Waals surface area contributed by atoms with Crippen molar-refractivity contribution in [1.29, 1.82) is 0 Å². The number of ketones is 1. The molecule has 3 rings (SSSR count). The molecule has 1 aliphatic carbocycles. The molecular weight excluding hydrogens is 208 g/mol. The SMILES string of the molecule is CC1(C)C(=O)c2ccccc2-c2ccccc21. The Morgan fingerprint density at radius 2 is 1.29 bits per heavy atom. The molecule has 0 bridgehead atoms. The van der Waals surface area contributed by atoms with E-state index in [1.807, 2.05) is 50.2 Å². The second-order valence-corrected chi connectivity index (χ2v) is 5.05. The maximum atomic E-state index is 12.5. The first-order chi connectivity index (χ1) is 8.12. The molecular formula is C16H14O. The smallest absolute Gasteiger partial charge is 0.173 e. The van der Waals surface area contributed by atoms with Crippen LogP contribution < -0.4 is 0 Å². The van der Waals surface area contributed by atoms with Crippen LogP contribution in [0.15, 0.2) is 48.5 Å². The number of Topliss-reactive ketones (excluding diaryl/α,β-unsaturated/α-hetero) is 1. The van der Waals surface area contributed by atoms with Crippen molar-refractivity contribution in [2.24, 2.45) is 0 Å². The first kappa shape index (κ1) is 10.3. The molecule has 0 amide bonds. The van der Waals surface area contributed by atoms with E-state index in [0.717, 1.165) is 16.7 Å². The summed E-state index contributed by atoms with van der Waals surface area (Å²) in [4.78, 5) is 12.5. The van der Waals surface area contributed by atoms with Gasteiger partial charge in [-0.2, -0.15) is 0 Å². The van der Waals surface area contributed by atoms with Crippen LogP contribution in [0.25, 0.3) is 11.1 Å². The van der Waals surface area contributed by atoms with Crippen LogP contribution in [0.2, 0.25) is 0 Å². The van der Waals surface area contributed by atoms with Gasteiger partial charge in [-0.1, -0.05) is 48.5 Å². The lowest BCUT2D eigenvalue weighted by atomic mass is 9.69. The van der Waals surface area contributed by atoms with E-state index in [1.54, 1.807) is 0 Å². The zero-order valence-corrected chi connectivity index (χ0v) is 10.0. The van der Waals surface area contributed by atoms with Crippen LogP contribution in [0.5, 0.6) is 0 Å². The third-order valence-corrected chi connectivity index (χ3v) is 3.63. The zero-order chi connectivity index (χ0) is 12.0. The van der Waals surface area contributed by atoms with Crippen LogP contribution in [-0.4, -0.2) is 5.78 Å². The monoisotopic (exact) mass is 222 g/mol. The van der Waals surface area contributed by atoms with Crippen molar-refractivity contribution in [2.75, 3.05) is 0 Å². The summed E-state index contributed by atoms with van der Waals surface area (Å²) in [6.07, 6.45) is 0. The largest absolute Gasteiger partial charge is 0.293 e. The molecule has 0 fully saturated rings. The van der Waals surface area contributed by atoms with Crippen molar-refractivity contribution in [2.45, 2.75) is 19.3 Å². The third kappa shape index (κ3) is 1.29. The fraction of sp³-hybridized carbons (Fsp3) is 0.188. The van der Waals surface area contributed by atoms with Gasteiger partial charge >= 0.3 is 0 Å². The molecule has 2 aromatic rings. The molecule has 1 heteroatoms. The van der Waals surface area contributed by atoms with Crippen LogP contribution in [0.3, 0.4) is 0 Å². The van der Waals surface area contributed by atoms with E-state index in [2.05, 4.69) is 12.1 Å². The molecule has 0 heterocycles. The van der Waals surface area contributed by atoms with Crippen molar-refractivity contribution in [3.63, 3.8) is 0 Å². The average Bonchev–Trinajstić information content (AvgIpc) is 2.37. The Hall–Kier alpha value is -1.89. The van der Waals surface area contributed by atoms with E-state index in [-0.39, 0.29) is 5.78 Å². The van der Waals surface area contributed by atoms with Crippen molar-refractivity contribution in [1.82, 2.24) is 0 Å². The van der Waals surface area contributed by atoms with Crippen LogP contribution in [0.1, 0.15) is 29.8 Å². The minimum atomic E-state index is -0.426. The number of carbonyl (C=O) groups is 1. The minimum Gasteiger partial charge on any atom is -0.293 e. The molecule has 0 saturated carbocycles. The zero-order valence-electron chi connectivity index (χ0n) is 10.0. The molecule has 0 spiro atoms. The Morgan fingerprint density at radius 1 is 0.765 bits per heavy atom. The fourth-order valence-corrected chi connectivity index (χ4v) is 2.64. The van der Waals surface area contributed by atoms with Gasteiger partial charge in [0.25, 0.3) is 0 Å². The molecule has 2 aromatic carbocycles. The van der Waals surface area contributed by atoms with Gasteiger partial charge in [0.15, 0.2) is 5.78 Å². The standard InChI is InChI=1S/C16H14O/c1-16(2)14-10-6-5-8-12(14)11-7-3-4-9-13(11)15(16)17/h3-10H,1-2H3. The first-order valence-electron chi connectivity index (χ1n) is 5.86. The van der Waals surface area contributed by atoms with Gasteiger partial charge in [0.2, 0.25) is 0 Å². The Balaban J connectivity index is 2.42. The molecule has 0 aliphatic heterocycles. The molecule has 0 aromatic heterocycles. The first-order valence-corrected chi connectivity index (χ1v) is 5.86. The van der Waals surface area contributed by atoms with Gasteiger partial charge in [-0.3, -0.25) is 4.79 Å². The number of rotatable bonds is 0. The second kappa shape index (κ2) is 3.30. The number of fused-ring (bicyclic) bond motifs is 3. The number of hydrogen-bond acceptors (Lipinski definition) is 1. The maximum absolute atomic E-state index is 12.5. The summed E-state index contributed by atoms with van der Waals surface area (Å²) in [7, 11) is 0. The predicted octanol–water partition coefficient (Wildman–Crippen LogP) is 3.83. The van der Waals surface area contributed by atoms with Crippen molar-refractivity contribution in [3.05, 3.63) is 59.7 Å². The molecule has 17 heavy (non-hydrogen) atoms. The number of hydrogen-bond donors (Lipinski definition) is 0. The van der Waals surface area contributed by atoms with Gasteiger partial charge < -0.3 is 0 Å². The highest BCUT2D eigenvalue weighted by Crippen LogP contribution is 2.42. The van der Waals surface area contributed by atoms with E-state index in [0.29, 0.717) is 0 Å². The summed E-state index contributed by atoms with van der Waals surface area (Å²) in [5.74, 6) is 0.215. The normalized spacial score (nSPS) is 16.2. The molecule has 0 N–H and O–H groups in total. The van der Waals surface area contributed by atoms with Crippen molar-refractivity contribution in [3.8, 4) is 11.1 Å². The fourth-order valence-electron chi connectivity index (χ4n) is 2.64. The second-order valence-electron chi connectivity index (χ2n) is 5.05. The Kier molecular flexibility index (Phi) is 1.99. The molecule has 0 unspecified atom stereocenters. The summed E-state index contributed by atoms with van der Waals surface area (Å²) in [6.45, 7) is 4.01. The number of benzene rings is 2. The van der Waals surface area contributed by atoms with Gasteiger partial charge in [-0.15, -0.1) is 0 Å². The highest BCUT2D eigenvalue weighted by atomic mass is 16.1. The summed E-state index contributed by atoms with van der Waals surface area (Å²) < 4.78 is 0. The van der Waals surface area contributed by atoms with E-state index < -0.39 is 5.41 Å². The van der Waals surface area contributed by atoms with E-state index in [1.165, 1.54) is 5.56 Å². The molecule has 84 valence electrons. The molecule has 0 atom stereocenters. The molecule has 0 saturated heterocycles. The van der Waals surface area contributed by atoms with Gasteiger partial charge in [-0.25, -0.2) is 0 Å². The van der Waals surface area contributed by atoms with Gasteiger partial charge in [0, 0.05) is 5.56 Å².